The Hall–Kier alpha value is -5.34. The van der Waals surface area contributed by atoms with E-state index in [0.29, 0.717) is 25.7 Å². The Bertz CT molecular complexity index is 1410. The zero-order chi connectivity index (χ0) is 37.0. The van der Waals surface area contributed by atoms with Gasteiger partial charge in [-0.15, -0.1) is 0 Å². The second kappa shape index (κ2) is 26.6. The normalized spacial score (nSPS) is 9.56. The van der Waals surface area contributed by atoms with Crippen molar-refractivity contribution in [2.45, 2.75) is 78.1 Å². The summed E-state index contributed by atoms with van der Waals surface area (Å²) in [7, 11) is 0. The molecular formula is C36H40F4N2O8. The Morgan fingerprint density at radius 2 is 0.880 bits per heavy atom. The van der Waals surface area contributed by atoms with E-state index in [9.17, 15) is 36.7 Å². The first kappa shape index (κ1) is 42.7. The fraction of sp³-hybridized carbons (Fsp3) is 0.500. The highest BCUT2D eigenvalue weighted by Gasteiger charge is 2.23. The number of halogens is 4. The number of carbonyl (C=O) groups excluding carboxylic acids is 4. The first-order valence-corrected chi connectivity index (χ1v) is 16.1. The second-order valence-corrected chi connectivity index (χ2v) is 10.2. The van der Waals surface area contributed by atoms with Crippen molar-refractivity contribution >= 4 is 24.1 Å². The predicted octanol–water partition coefficient (Wildman–Crippen LogP) is 5.43. The second-order valence-electron chi connectivity index (χ2n) is 10.2. The van der Waals surface area contributed by atoms with Crippen molar-refractivity contribution in [1.82, 2.24) is 10.6 Å². The van der Waals surface area contributed by atoms with Crippen LogP contribution in [0.15, 0.2) is 0 Å². The minimum absolute atomic E-state index is 0.0541. The van der Waals surface area contributed by atoms with Gasteiger partial charge in [-0.2, -0.15) is 0 Å². The lowest BCUT2D eigenvalue weighted by Gasteiger charge is -2.06. The Morgan fingerprint density at radius 1 is 0.520 bits per heavy atom. The Morgan fingerprint density at radius 3 is 1.24 bits per heavy atom. The maximum atomic E-state index is 14.4. The molecule has 10 nitrogen and oxygen atoms in total. The van der Waals surface area contributed by atoms with Crippen molar-refractivity contribution in [3.05, 3.63) is 34.4 Å². The number of amides is 2. The van der Waals surface area contributed by atoms with Gasteiger partial charge in [-0.1, -0.05) is 38.5 Å². The van der Waals surface area contributed by atoms with E-state index in [1.165, 1.54) is 0 Å². The van der Waals surface area contributed by atoms with Gasteiger partial charge in [0.25, 0.3) is 0 Å². The van der Waals surface area contributed by atoms with Gasteiger partial charge in [-0.05, 0) is 74.0 Å². The fourth-order valence-corrected chi connectivity index (χ4v) is 3.37. The van der Waals surface area contributed by atoms with Gasteiger partial charge in [0.05, 0.1) is 26.4 Å². The highest BCUT2D eigenvalue weighted by Crippen LogP contribution is 2.23. The molecule has 0 aliphatic carbocycles. The molecule has 2 N–H and O–H groups in total. The van der Waals surface area contributed by atoms with Crippen LogP contribution >= 0.6 is 0 Å². The van der Waals surface area contributed by atoms with Gasteiger partial charge in [0.2, 0.25) is 0 Å². The summed E-state index contributed by atoms with van der Waals surface area (Å²) < 4.78 is 77.4. The number of carbonyl (C=O) groups is 4. The zero-order valence-corrected chi connectivity index (χ0v) is 28.1. The molecule has 0 radical (unpaired) electrons. The average molecular weight is 705 g/mol. The molecule has 1 rings (SSSR count). The lowest BCUT2D eigenvalue weighted by molar-refractivity contribution is -0.143. The molecule has 0 saturated heterocycles. The van der Waals surface area contributed by atoms with Crippen LogP contribution in [0, 0.1) is 70.6 Å². The van der Waals surface area contributed by atoms with Crippen LogP contribution in [0.5, 0.6) is 0 Å². The van der Waals surface area contributed by atoms with Gasteiger partial charge in [0.15, 0.2) is 23.3 Å². The van der Waals surface area contributed by atoms with Crippen molar-refractivity contribution in [1.29, 1.82) is 0 Å². The number of hydrogen-bond acceptors (Lipinski definition) is 8. The van der Waals surface area contributed by atoms with Gasteiger partial charge in [-0.25, -0.2) is 27.2 Å². The summed E-state index contributed by atoms with van der Waals surface area (Å²) in [5.74, 6) is 10.1. The lowest BCUT2D eigenvalue weighted by Crippen LogP contribution is -2.31. The molecule has 0 aromatic heterocycles. The third-order valence-electron chi connectivity index (χ3n) is 6.07. The summed E-state index contributed by atoms with van der Waals surface area (Å²) >= 11 is 0. The minimum atomic E-state index is -1.72. The number of hydrogen-bond donors (Lipinski definition) is 2. The molecule has 0 unspecified atom stereocenters. The van der Waals surface area contributed by atoms with E-state index < -0.39 is 58.5 Å². The molecule has 1 aromatic carbocycles. The first-order valence-electron chi connectivity index (χ1n) is 16.1. The van der Waals surface area contributed by atoms with Gasteiger partial charge < -0.3 is 29.6 Å². The Kier molecular flexibility index (Phi) is 22.7. The van der Waals surface area contributed by atoms with E-state index in [2.05, 4.69) is 46.2 Å². The van der Waals surface area contributed by atoms with E-state index in [4.69, 9.17) is 18.9 Å². The van der Waals surface area contributed by atoms with E-state index in [1.54, 1.807) is 0 Å². The average Bonchev–Trinajstić information content (AvgIpc) is 3.10. The van der Waals surface area contributed by atoms with Crippen LogP contribution in [0.3, 0.4) is 0 Å². The summed E-state index contributed by atoms with van der Waals surface area (Å²) in [6.07, 6.45) is 4.05. The number of nitrogens with one attached hydrogen (secondary N) is 2. The molecule has 0 saturated carbocycles. The van der Waals surface area contributed by atoms with Crippen LogP contribution in [0.4, 0.5) is 27.2 Å². The highest BCUT2D eigenvalue weighted by atomic mass is 19.2. The van der Waals surface area contributed by atoms with E-state index in [-0.39, 0.29) is 52.4 Å². The summed E-state index contributed by atoms with van der Waals surface area (Å²) in [4.78, 5) is 46.0. The van der Waals surface area contributed by atoms with Crippen LogP contribution in [-0.4, -0.2) is 63.6 Å². The molecule has 270 valence electrons. The number of benzene rings is 1. The summed E-state index contributed by atoms with van der Waals surface area (Å²) in [5, 5.41) is 4.53. The lowest BCUT2D eigenvalue weighted by atomic mass is 10.1. The third kappa shape index (κ3) is 18.9. The fourth-order valence-electron chi connectivity index (χ4n) is 3.37. The van der Waals surface area contributed by atoms with E-state index in [0.717, 1.165) is 25.7 Å². The smallest absolute Gasteiger partial charge is 0.407 e. The van der Waals surface area contributed by atoms with Crippen LogP contribution in [-0.2, 0) is 28.5 Å². The summed E-state index contributed by atoms with van der Waals surface area (Å²) in [6.45, 7) is 3.95. The molecule has 0 spiro atoms. The SMILES string of the molecule is CCCCOC(=O)CNC(=O)OCCCCC#CC#Cc1c(F)c(F)c(C#CC#CCCCCOC(=O)NCC(=O)OCCCC)c(F)c1F. The summed E-state index contributed by atoms with van der Waals surface area (Å²) in [5.41, 5.74) is -2.27. The quantitative estimate of drug-likeness (QED) is 0.0517. The number of esters is 2. The van der Waals surface area contributed by atoms with Gasteiger partial charge in [-0.3, -0.25) is 9.59 Å². The number of ether oxygens (including phenoxy) is 4. The molecule has 1 aromatic rings. The van der Waals surface area contributed by atoms with Crippen molar-refractivity contribution in [2.24, 2.45) is 0 Å². The summed E-state index contributed by atoms with van der Waals surface area (Å²) in [6, 6.07) is 0. The molecule has 0 aliphatic rings. The van der Waals surface area contributed by atoms with Gasteiger partial charge >= 0.3 is 24.1 Å². The molecule has 0 bridgehead atoms. The molecular weight excluding hydrogens is 664 g/mol. The van der Waals surface area contributed by atoms with Crippen molar-refractivity contribution < 1.29 is 55.7 Å². The van der Waals surface area contributed by atoms with E-state index >= 15 is 0 Å². The molecule has 0 aliphatic heterocycles. The topological polar surface area (TPSA) is 129 Å². The van der Waals surface area contributed by atoms with Crippen molar-refractivity contribution in [3.8, 4) is 47.4 Å². The number of unbranched alkanes of at least 4 members (excludes halogenated alkanes) is 6. The maximum Gasteiger partial charge on any atom is 0.407 e. The number of rotatable bonds is 18. The first-order chi connectivity index (χ1) is 24.1. The minimum Gasteiger partial charge on any atom is -0.464 e. The monoisotopic (exact) mass is 704 g/mol. The Balaban J connectivity index is 2.44. The largest absolute Gasteiger partial charge is 0.464 e. The molecule has 0 heterocycles. The molecule has 14 heteroatoms. The van der Waals surface area contributed by atoms with Crippen LogP contribution < -0.4 is 10.6 Å². The third-order valence-corrected chi connectivity index (χ3v) is 6.07. The van der Waals surface area contributed by atoms with Crippen LogP contribution in [0.2, 0.25) is 0 Å². The van der Waals surface area contributed by atoms with Crippen LogP contribution in [0.1, 0.15) is 89.2 Å². The van der Waals surface area contributed by atoms with Crippen LogP contribution in [0.25, 0.3) is 0 Å². The van der Waals surface area contributed by atoms with Gasteiger partial charge in [0.1, 0.15) is 24.2 Å². The highest BCUT2D eigenvalue weighted by molar-refractivity contribution is 5.78. The van der Waals surface area contributed by atoms with Crippen molar-refractivity contribution in [3.63, 3.8) is 0 Å². The zero-order valence-electron chi connectivity index (χ0n) is 28.1. The van der Waals surface area contributed by atoms with Crippen molar-refractivity contribution in [2.75, 3.05) is 39.5 Å². The molecule has 50 heavy (non-hydrogen) atoms. The Labute approximate surface area is 289 Å². The molecule has 0 atom stereocenters. The molecule has 0 fully saturated rings. The molecule has 2 amide bonds. The van der Waals surface area contributed by atoms with Gasteiger partial charge in [0, 0.05) is 12.8 Å². The standard InChI is InChI=1S/C36H40F4N2O8/c1-3-5-21-47-29(43)25-41-35(45)49-23-17-13-9-7-11-15-19-27-31(37)33(39)28(34(40)32(27)38)20-16-12-8-10-14-18-24-50-36(46)42-26-30(44)48-22-6-4-2/h3-6,9-10,13-14,17-18,21-26H2,1-2H3,(H,41,45)(H,42,46). The maximum absolute atomic E-state index is 14.4. The predicted molar refractivity (Wildman–Crippen MR) is 174 cm³/mol. The van der Waals surface area contributed by atoms with E-state index in [1.807, 2.05) is 25.7 Å². The number of alkyl carbamates (subject to hydrolysis) is 2.